The second-order valence-electron chi connectivity index (χ2n) is 7.75. The number of pyridine rings is 1. The van der Waals surface area contributed by atoms with Gasteiger partial charge in [0.1, 0.15) is 0 Å². The molecule has 2 amide bonds. The van der Waals surface area contributed by atoms with Crippen molar-refractivity contribution in [3.05, 3.63) is 71.8 Å². The predicted octanol–water partition coefficient (Wildman–Crippen LogP) is 3.52. The fourth-order valence-corrected chi connectivity index (χ4v) is 3.03. The van der Waals surface area contributed by atoms with Gasteiger partial charge in [-0.1, -0.05) is 36.4 Å². The molecule has 6 heteroatoms. The SMILES string of the molecule is CCN(Cc1ccccc1)C(=O)c1nc(C(=O)NC(C)(C)C)c2ccccn12. The van der Waals surface area contributed by atoms with E-state index in [1.54, 1.807) is 21.6 Å². The van der Waals surface area contributed by atoms with Crippen LogP contribution in [0.15, 0.2) is 54.7 Å². The molecule has 1 aromatic carbocycles. The van der Waals surface area contributed by atoms with Gasteiger partial charge < -0.3 is 10.2 Å². The van der Waals surface area contributed by atoms with Crippen LogP contribution in [-0.4, -0.2) is 38.2 Å². The summed E-state index contributed by atoms with van der Waals surface area (Å²) < 4.78 is 1.69. The monoisotopic (exact) mass is 378 g/mol. The lowest BCUT2D eigenvalue weighted by molar-refractivity contribution is 0.0739. The number of fused-ring (bicyclic) bond motifs is 1. The molecule has 0 aliphatic heterocycles. The fraction of sp³-hybridized carbons (Fsp3) is 0.318. The first-order valence-electron chi connectivity index (χ1n) is 9.43. The molecular formula is C22H26N4O2. The van der Waals surface area contributed by atoms with Crippen molar-refractivity contribution < 1.29 is 9.59 Å². The number of amides is 2. The Morgan fingerprint density at radius 2 is 1.75 bits per heavy atom. The summed E-state index contributed by atoms with van der Waals surface area (Å²) in [6.07, 6.45) is 1.76. The van der Waals surface area contributed by atoms with Crippen LogP contribution in [0, 0.1) is 0 Å². The third kappa shape index (κ3) is 4.22. The summed E-state index contributed by atoms with van der Waals surface area (Å²) in [5.41, 5.74) is 1.52. The van der Waals surface area contributed by atoms with E-state index < -0.39 is 5.54 Å². The van der Waals surface area contributed by atoms with E-state index in [-0.39, 0.29) is 23.3 Å². The molecule has 0 atom stereocenters. The summed E-state index contributed by atoms with van der Waals surface area (Å²) in [6, 6.07) is 15.3. The summed E-state index contributed by atoms with van der Waals surface area (Å²) in [7, 11) is 0. The van der Waals surface area contributed by atoms with Crippen LogP contribution in [0.3, 0.4) is 0 Å². The smallest absolute Gasteiger partial charge is 0.290 e. The van der Waals surface area contributed by atoms with Gasteiger partial charge >= 0.3 is 0 Å². The number of imidazole rings is 1. The van der Waals surface area contributed by atoms with Gasteiger partial charge in [-0.25, -0.2) is 4.98 Å². The van der Waals surface area contributed by atoms with Gasteiger partial charge in [0.05, 0.1) is 5.52 Å². The quantitative estimate of drug-likeness (QED) is 0.739. The van der Waals surface area contributed by atoms with Crippen molar-refractivity contribution >= 4 is 17.3 Å². The number of nitrogens with zero attached hydrogens (tertiary/aromatic N) is 3. The van der Waals surface area contributed by atoms with Crippen molar-refractivity contribution in [2.75, 3.05) is 6.54 Å². The molecule has 2 heterocycles. The van der Waals surface area contributed by atoms with Gasteiger partial charge in [0, 0.05) is 24.8 Å². The average molecular weight is 378 g/mol. The van der Waals surface area contributed by atoms with Gasteiger partial charge in [0.25, 0.3) is 11.8 Å². The van der Waals surface area contributed by atoms with E-state index in [0.29, 0.717) is 18.6 Å². The van der Waals surface area contributed by atoms with E-state index in [1.807, 2.05) is 70.2 Å². The molecule has 0 fully saturated rings. The number of carbonyl (C=O) groups excluding carboxylic acids is 2. The van der Waals surface area contributed by atoms with Crippen molar-refractivity contribution in [3.8, 4) is 0 Å². The van der Waals surface area contributed by atoms with Crippen LogP contribution in [-0.2, 0) is 6.54 Å². The third-order valence-corrected chi connectivity index (χ3v) is 4.33. The van der Waals surface area contributed by atoms with Crippen LogP contribution in [0.1, 0.15) is 54.4 Å². The molecule has 146 valence electrons. The molecule has 0 saturated carbocycles. The number of aromatic nitrogens is 2. The highest BCUT2D eigenvalue weighted by molar-refractivity contribution is 6.02. The first-order valence-corrected chi connectivity index (χ1v) is 9.43. The van der Waals surface area contributed by atoms with Crippen molar-refractivity contribution in [3.63, 3.8) is 0 Å². The van der Waals surface area contributed by atoms with Crippen molar-refractivity contribution in [2.45, 2.75) is 39.8 Å². The minimum atomic E-state index is -0.394. The summed E-state index contributed by atoms with van der Waals surface area (Å²) >= 11 is 0. The molecule has 0 bridgehead atoms. The Morgan fingerprint density at radius 3 is 2.39 bits per heavy atom. The maximum absolute atomic E-state index is 13.2. The van der Waals surface area contributed by atoms with Gasteiger partial charge in [0.15, 0.2) is 5.69 Å². The Labute approximate surface area is 165 Å². The molecule has 0 radical (unpaired) electrons. The first-order chi connectivity index (χ1) is 13.3. The van der Waals surface area contributed by atoms with Crippen LogP contribution in [0.5, 0.6) is 0 Å². The highest BCUT2D eigenvalue weighted by Crippen LogP contribution is 2.17. The Bertz CT molecular complexity index is 987. The van der Waals surface area contributed by atoms with Gasteiger partial charge in [-0.2, -0.15) is 0 Å². The maximum Gasteiger partial charge on any atom is 0.290 e. The average Bonchev–Trinajstić information content (AvgIpc) is 3.05. The van der Waals surface area contributed by atoms with Crippen LogP contribution >= 0.6 is 0 Å². The molecule has 3 rings (SSSR count). The Balaban J connectivity index is 1.98. The van der Waals surface area contributed by atoms with Crippen molar-refractivity contribution in [2.24, 2.45) is 0 Å². The highest BCUT2D eigenvalue weighted by atomic mass is 16.2. The Morgan fingerprint density at radius 1 is 1.07 bits per heavy atom. The molecule has 2 aromatic heterocycles. The van der Waals surface area contributed by atoms with Gasteiger partial charge in [-0.05, 0) is 45.4 Å². The Hall–Kier alpha value is -3.15. The standard InChI is InChI=1S/C22H26N4O2/c1-5-25(15-16-11-7-6-8-12-16)21(28)19-23-18(20(27)24-22(2,3)4)17-13-9-10-14-26(17)19/h6-14H,5,15H2,1-4H3,(H,24,27). The highest BCUT2D eigenvalue weighted by Gasteiger charge is 2.26. The van der Waals surface area contributed by atoms with E-state index in [9.17, 15) is 9.59 Å². The van der Waals surface area contributed by atoms with Crippen molar-refractivity contribution in [1.29, 1.82) is 0 Å². The summed E-state index contributed by atoms with van der Waals surface area (Å²) in [4.78, 5) is 32.1. The summed E-state index contributed by atoms with van der Waals surface area (Å²) in [5, 5.41) is 2.92. The normalized spacial score (nSPS) is 11.4. The molecule has 3 aromatic rings. The molecule has 0 aliphatic rings. The van der Waals surface area contributed by atoms with Crippen LogP contribution < -0.4 is 5.32 Å². The second kappa shape index (κ2) is 7.84. The number of hydrogen-bond donors (Lipinski definition) is 1. The van der Waals surface area contributed by atoms with Gasteiger partial charge in [-0.15, -0.1) is 0 Å². The number of hydrogen-bond acceptors (Lipinski definition) is 3. The lowest BCUT2D eigenvalue weighted by atomic mass is 10.1. The molecule has 6 nitrogen and oxygen atoms in total. The topological polar surface area (TPSA) is 66.7 Å². The number of benzene rings is 1. The number of carbonyl (C=O) groups is 2. The predicted molar refractivity (Wildman–Crippen MR) is 109 cm³/mol. The van der Waals surface area contributed by atoms with Crippen LogP contribution in [0.2, 0.25) is 0 Å². The second-order valence-corrected chi connectivity index (χ2v) is 7.75. The van der Waals surface area contributed by atoms with Gasteiger partial charge in [0.2, 0.25) is 5.82 Å². The van der Waals surface area contributed by atoms with E-state index in [2.05, 4.69) is 10.3 Å². The first kappa shape index (κ1) is 19.6. The van der Waals surface area contributed by atoms with Gasteiger partial charge in [-0.3, -0.25) is 14.0 Å². The lowest BCUT2D eigenvalue weighted by Gasteiger charge is -2.20. The molecule has 0 aliphatic carbocycles. The van der Waals surface area contributed by atoms with Crippen LogP contribution in [0.25, 0.3) is 5.52 Å². The zero-order chi connectivity index (χ0) is 20.3. The van der Waals surface area contributed by atoms with Crippen molar-refractivity contribution in [1.82, 2.24) is 19.6 Å². The molecule has 0 saturated heterocycles. The third-order valence-electron chi connectivity index (χ3n) is 4.33. The molecule has 0 unspecified atom stereocenters. The minimum Gasteiger partial charge on any atom is -0.346 e. The summed E-state index contributed by atoms with van der Waals surface area (Å²) in [5.74, 6) is -0.254. The fourth-order valence-electron chi connectivity index (χ4n) is 3.03. The maximum atomic E-state index is 13.2. The van der Waals surface area contributed by atoms with E-state index in [1.165, 1.54) is 0 Å². The van der Waals surface area contributed by atoms with Crippen LogP contribution in [0.4, 0.5) is 0 Å². The minimum absolute atomic E-state index is 0.206. The molecule has 28 heavy (non-hydrogen) atoms. The number of rotatable bonds is 5. The van der Waals surface area contributed by atoms with E-state index >= 15 is 0 Å². The largest absolute Gasteiger partial charge is 0.346 e. The molecule has 1 N–H and O–H groups in total. The molecular weight excluding hydrogens is 352 g/mol. The van der Waals surface area contributed by atoms with E-state index in [0.717, 1.165) is 5.56 Å². The molecule has 0 spiro atoms. The summed E-state index contributed by atoms with van der Waals surface area (Å²) in [6.45, 7) is 8.69. The zero-order valence-corrected chi connectivity index (χ0v) is 16.8. The number of nitrogens with one attached hydrogen (secondary N) is 1. The zero-order valence-electron chi connectivity index (χ0n) is 16.8. The lowest BCUT2D eigenvalue weighted by Crippen LogP contribution is -2.40. The van der Waals surface area contributed by atoms with E-state index in [4.69, 9.17) is 0 Å². The Kier molecular flexibility index (Phi) is 5.49.